The van der Waals surface area contributed by atoms with Crippen molar-refractivity contribution >= 4 is 35.4 Å². The van der Waals surface area contributed by atoms with Crippen LogP contribution in [0.3, 0.4) is 0 Å². The Bertz CT molecular complexity index is 692. The van der Waals surface area contributed by atoms with Crippen molar-refractivity contribution in [2.75, 3.05) is 26.2 Å². The molecule has 2 heterocycles. The third-order valence-corrected chi connectivity index (χ3v) is 4.52. The van der Waals surface area contributed by atoms with E-state index in [9.17, 15) is 46.3 Å². The highest BCUT2D eigenvalue weighted by atomic mass is 19.3. The van der Waals surface area contributed by atoms with Gasteiger partial charge in [0.25, 0.3) is 11.8 Å². The van der Waals surface area contributed by atoms with Gasteiger partial charge < -0.3 is 10.6 Å². The van der Waals surface area contributed by atoms with E-state index in [0.29, 0.717) is 9.80 Å². The van der Waals surface area contributed by atoms with Gasteiger partial charge in [-0.25, -0.2) is 0 Å². The number of halogens is 4. The van der Waals surface area contributed by atoms with Crippen LogP contribution in [0.5, 0.6) is 0 Å². The van der Waals surface area contributed by atoms with Gasteiger partial charge >= 0.3 is 11.8 Å². The van der Waals surface area contributed by atoms with Crippen LogP contribution in [0.15, 0.2) is 0 Å². The minimum Gasteiger partial charge on any atom is -0.349 e. The van der Waals surface area contributed by atoms with Gasteiger partial charge in [-0.15, -0.1) is 0 Å². The fourth-order valence-electron chi connectivity index (χ4n) is 2.81. The number of likely N-dealkylation sites (tertiary alicyclic amines) is 2. The van der Waals surface area contributed by atoms with E-state index in [4.69, 9.17) is 0 Å². The summed E-state index contributed by atoms with van der Waals surface area (Å²) in [5.74, 6) is -18.1. The maximum Gasteiger partial charge on any atom is 0.395 e. The van der Waals surface area contributed by atoms with Gasteiger partial charge in [-0.3, -0.25) is 38.6 Å². The lowest BCUT2D eigenvalue weighted by Gasteiger charge is -2.25. The van der Waals surface area contributed by atoms with Crippen molar-refractivity contribution in [2.24, 2.45) is 0 Å². The Kier molecular flexibility index (Phi) is 6.77. The molecule has 2 aliphatic rings. The summed E-state index contributed by atoms with van der Waals surface area (Å²) in [7, 11) is 0. The van der Waals surface area contributed by atoms with E-state index in [1.807, 2.05) is 0 Å². The lowest BCUT2D eigenvalue weighted by atomic mass is 10.1. The van der Waals surface area contributed by atoms with Crippen LogP contribution in [0.2, 0.25) is 0 Å². The quantitative estimate of drug-likeness (QED) is 0.343. The molecule has 14 heteroatoms. The van der Waals surface area contributed by atoms with Crippen LogP contribution in [-0.4, -0.2) is 83.3 Å². The zero-order valence-corrected chi connectivity index (χ0v) is 15.5. The molecule has 0 spiro atoms. The standard InChI is InChI=1S/C16H18F4N4O6/c17-15(18,13(29)21-5-7-23-9(25)1-2-10(23)26)16(19,20)14(30)22-6-8-24-11(27)3-4-12(24)28/h1-8H2,(H,21,29)(H,22,30). The van der Waals surface area contributed by atoms with Crippen LogP contribution >= 0.6 is 0 Å². The van der Waals surface area contributed by atoms with Gasteiger partial charge in [0.2, 0.25) is 23.6 Å². The lowest BCUT2D eigenvalue weighted by Crippen LogP contribution is -2.60. The van der Waals surface area contributed by atoms with Gasteiger partial charge in [-0.1, -0.05) is 0 Å². The van der Waals surface area contributed by atoms with Crippen LogP contribution in [0, 0.1) is 0 Å². The number of hydrogen-bond acceptors (Lipinski definition) is 6. The van der Waals surface area contributed by atoms with Crippen LogP contribution < -0.4 is 10.6 Å². The fourth-order valence-corrected chi connectivity index (χ4v) is 2.81. The molecule has 0 bridgehead atoms. The number of nitrogens with one attached hydrogen (secondary N) is 2. The Hall–Kier alpha value is -3.06. The molecule has 2 aliphatic heterocycles. The Morgan fingerprint density at radius 2 is 0.933 bits per heavy atom. The average molecular weight is 438 g/mol. The summed E-state index contributed by atoms with van der Waals surface area (Å²) < 4.78 is 55.5. The Morgan fingerprint density at radius 3 is 1.20 bits per heavy atom. The first-order valence-corrected chi connectivity index (χ1v) is 8.88. The van der Waals surface area contributed by atoms with Crippen molar-refractivity contribution in [3.63, 3.8) is 0 Å². The van der Waals surface area contributed by atoms with Gasteiger partial charge in [0.05, 0.1) is 0 Å². The number of amides is 6. The molecule has 0 unspecified atom stereocenters. The molecule has 0 aromatic heterocycles. The Labute approximate surface area is 166 Å². The van der Waals surface area contributed by atoms with Gasteiger partial charge in [-0.05, 0) is 0 Å². The third-order valence-electron chi connectivity index (χ3n) is 4.52. The molecule has 0 saturated carbocycles. The van der Waals surface area contributed by atoms with Crippen LogP contribution in [0.1, 0.15) is 25.7 Å². The van der Waals surface area contributed by atoms with Gasteiger partial charge in [0, 0.05) is 51.9 Å². The van der Waals surface area contributed by atoms with E-state index < -0.39 is 73.5 Å². The minimum absolute atomic E-state index is 0.0736. The van der Waals surface area contributed by atoms with Crippen molar-refractivity contribution in [1.29, 1.82) is 0 Å². The average Bonchev–Trinajstić information content (AvgIpc) is 3.17. The van der Waals surface area contributed by atoms with E-state index >= 15 is 0 Å². The summed E-state index contributed by atoms with van der Waals surface area (Å²) in [5.41, 5.74) is 0. The topological polar surface area (TPSA) is 133 Å². The number of rotatable bonds is 9. The normalized spacial score (nSPS) is 17.7. The highest BCUT2D eigenvalue weighted by Crippen LogP contribution is 2.34. The summed E-state index contributed by atoms with van der Waals surface area (Å²) in [4.78, 5) is 69.9. The van der Waals surface area contributed by atoms with Gasteiger partial charge in [0.15, 0.2) is 0 Å². The SMILES string of the molecule is O=C1CCC(=O)N1CCNC(=O)C(F)(F)C(F)(F)C(=O)NCCN1C(=O)CCC1=O. The fraction of sp³-hybridized carbons (Fsp3) is 0.625. The lowest BCUT2D eigenvalue weighted by molar-refractivity contribution is -0.211. The number of hydrogen-bond donors (Lipinski definition) is 2. The molecular formula is C16H18F4N4O6. The molecule has 0 aromatic carbocycles. The number of imide groups is 2. The second-order valence-electron chi connectivity index (χ2n) is 6.54. The van der Waals surface area contributed by atoms with Crippen molar-refractivity contribution < 1.29 is 46.3 Å². The predicted octanol–water partition coefficient (Wildman–Crippen LogP) is -1.21. The van der Waals surface area contributed by atoms with E-state index in [1.54, 1.807) is 0 Å². The molecule has 10 nitrogen and oxygen atoms in total. The smallest absolute Gasteiger partial charge is 0.349 e. The highest BCUT2D eigenvalue weighted by molar-refractivity contribution is 6.02. The number of alkyl halides is 4. The van der Waals surface area contributed by atoms with E-state index in [-0.39, 0.29) is 25.7 Å². The molecule has 0 aromatic rings. The monoisotopic (exact) mass is 438 g/mol. The van der Waals surface area contributed by atoms with Crippen LogP contribution in [0.25, 0.3) is 0 Å². The van der Waals surface area contributed by atoms with Crippen LogP contribution in [-0.2, 0) is 28.8 Å². The van der Waals surface area contributed by atoms with E-state index in [1.165, 1.54) is 10.6 Å². The molecule has 6 amide bonds. The van der Waals surface area contributed by atoms with Crippen molar-refractivity contribution in [3.05, 3.63) is 0 Å². The van der Waals surface area contributed by atoms with Gasteiger partial charge in [-0.2, -0.15) is 17.6 Å². The molecule has 0 radical (unpaired) electrons. The maximum absolute atomic E-state index is 13.9. The maximum atomic E-state index is 13.9. The van der Waals surface area contributed by atoms with E-state index in [0.717, 1.165) is 0 Å². The van der Waals surface area contributed by atoms with Crippen molar-refractivity contribution in [3.8, 4) is 0 Å². The zero-order valence-electron chi connectivity index (χ0n) is 15.5. The first-order valence-electron chi connectivity index (χ1n) is 8.88. The molecule has 2 fully saturated rings. The molecule has 2 rings (SSSR count). The summed E-state index contributed by atoms with van der Waals surface area (Å²) in [6.07, 6.45) is -0.294. The molecule has 30 heavy (non-hydrogen) atoms. The summed E-state index contributed by atoms with van der Waals surface area (Å²) in [6, 6.07) is 0. The Balaban J connectivity index is 1.86. The number of nitrogens with zero attached hydrogens (tertiary/aromatic N) is 2. The molecule has 2 saturated heterocycles. The summed E-state index contributed by atoms with van der Waals surface area (Å²) >= 11 is 0. The summed E-state index contributed by atoms with van der Waals surface area (Å²) in [6.45, 7) is -2.37. The zero-order chi connectivity index (χ0) is 22.7. The van der Waals surface area contributed by atoms with Crippen molar-refractivity contribution in [1.82, 2.24) is 20.4 Å². The second-order valence-corrected chi connectivity index (χ2v) is 6.54. The molecule has 0 aliphatic carbocycles. The number of carbonyl (C=O) groups is 6. The third kappa shape index (κ3) is 4.57. The Morgan fingerprint density at radius 1 is 0.667 bits per heavy atom. The summed E-state index contributed by atoms with van der Waals surface area (Å²) in [5, 5.41) is 2.94. The molecule has 0 atom stereocenters. The van der Waals surface area contributed by atoms with Crippen LogP contribution in [0.4, 0.5) is 17.6 Å². The number of carbonyl (C=O) groups excluding carboxylic acids is 6. The largest absolute Gasteiger partial charge is 0.395 e. The highest BCUT2D eigenvalue weighted by Gasteiger charge is 2.66. The minimum atomic E-state index is -5.44. The first kappa shape index (κ1) is 23.2. The predicted molar refractivity (Wildman–Crippen MR) is 87.8 cm³/mol. The molecule has 2 N–H and O–H groups in total. The molecular weight excluding hydrogens is 420 g/mol. The van der Waals surface area contributed by atoms with Crippen molar-refractivity contribution in [2.45, 2.75) is 37.5 Å². The van der Waals surface area contributed by atoms with E-state index in [2.05, 4.69) is 0 Å². The first-order chi connectivity index (χ1) is 13.9. The second kappa shape index (κ2) is 8.75. The molecule has 166 valence electrons. The van der Waals surface area contributed by atoms with Gasteiger partial charge in [0.1, 0.15) is 0 Å².